The number of carbonyl (C=O) groups excluding carboxylic acids is 1. The zero-order valence-electron chi connectivity index (χ0n) is 11.8. The zero-order valence-corrected chi connectivity index (χ0v) is 11.8. The zero-order chi connectivity index (χ0) is 13.9. The monoisotopic (exact) mass is 273 g/mol. The minimum absolute atomic E-state index is 0.363. The lowest BCUT2D eigenvalue weighted by Crippen LogP contribution is -2.45. The van der Waals surface area contributed by atoms with Gasteiger partial charge < -0.3 is 16.0 Å². The minimum atomic E-state index is -0.363. The van der Waals surface area contributed by atoms with E-state index < -0.39 is 0 Å². The molecule has 20 heavy (non-hydrogen) atoms. The van der Waals surface area contributed by atoms with E-state index in [1.54, 1.807) is 12.1 Å². The molecule has 3 N–H and O–H groups in total. The predicted molar refractivity (Wildman–Crippen MR) is 79.4 cm³/mol. The standard InChI is InChI=1S/C16H23N3O/c17-16(20)13-5-3-12(4-6-13)11-18-14-7-9-19-8-1-2-15(19)10-14/h3-6,14-15,18H,1-2,7-11H2,(H2,17,20). The molecule has 2 unspecified atom stereocenters. The molecule has 4 heteroatoms. The first kappa shape index (κ1) is 13.6. The maximum atomic E-state index is 11.0. The molecule has 1 aromatic rings. The first-order valence-electron chi connectivity index (χ1n) is 7.58. The molecule has 0 saturated carbocycles. The summed E-state index contributed by atoms with van der Waals surface area (Å²) in [5.74, 6) is -0.363. The Bertz CT molecular complexity index is 471. The Morgan fingerprint density at radius 3 is 2.80 bits per heavy atom. The van der Waals surface area contributed by atoms with Gasteiger partial charge in [-0.15, -0.1) is 0 Å². The summed E-state index contributed by atoms with van der Waals surface area (Å²) < 4.78 is 0. The van der Waals surface area contributed by atoms with E-state index >= 15 is 0 Å². The molecule has 2 heterocycles. The van der Waals surface area contributed by atoms with Crippen molar-refractivity contribution in [1.29, 1.82) is 0 Å². The Hall–Kier alpha value is -1.39. The number of nitrogens with two attached hydrogens (primary N) is 1. The van der Waals surface area contributed by atoms with Crippen LogP contribution in [0, 0.1) is 0 Å². The fraction of sp³-hybridized carbons (Fsp3) is 0.562. The van der Waals surface area contributed by atoms with Gasteiger partial charge in [-0.05, 0) is 56.5 Å². The lowest BCUT2D eigenvalue weighted by molar-refractivity contribution is 0.100. The van der Waals surface area contributed by atoms with Gasteiger partial charge in [0.1, 0.15) is 0 Å². The van der Waals surface area contributed by atoms with Crippen LogP contribution in [-0.2, 0) is 6.54 Å². The molecule has 0 radical (unpaired) electrons. The Kier molecular flexibility index (Phi) is 4.03. The van der Waals surface area contributed by atoms with E-state index in [0.717, 1.165) is 12.6 Å². The summed E-state index contributed by atoms with van der Waals surface area (Å²) in [5, 5.41) is 3.66. The van der Waals surface area contributed by atoms with E-state index in [2.05, 4.69) is 10.2 Å². The molecule has 0 aliphatic carbocycles. The number of primary amides is 1. The quantitative estimate of drug-likeness (QED) is 0.874. The number of rotatable bonds is 4. The first-order valence-corrected chi connectivity index (χ1v) is 7.58. The summed E-state index contributed by atoms with van der Waals surface area (Å²) >= 11 is 0. The van der Waals surface area contributed by atoms with Crippen LogP contribution in [0.15, 0.2) is 24.3 Å². The molecule has 1 amide bonds. The number of hydrogen-bond donors (Lipinski definition) is 2. The van der Waals surface area contributed by atoms with Crippen molar-refractivity contribution >= 4 is 5.91 Å². The molecular weight excluding hydrogens is 250 g/mol. The van der Waals surface area contributed by atoms with Crippen molar-refractivity contribution < 1.29 is 4.79 Å². The van der Waals surface area contributed by atoms with Crippen LogP contribution >= 0.6 is 0 Å². The fourth-order valence-corrected chi connectivity index (χ4v) is 3.46. The highest BCUT2D eigenvalue weighted by molar-refractivity contribution is 5.92. The lowest BCUT2D eigenvalue weighted by atomic mass is 9.97. The molecule has 2 aliphatic heterocycles. The Morgan fingerprint density at radius 1 is 1.25 bits per heavy atom. The number of hydrogen-bond acceptors (Lipinski definition) is 3. The van der Waals surface area contributed by atoms with Crippen LogP contribution < -0.4 is 11.1 Å². The van der Waals surface area contributed by atoms with Crippen molar-refractivity contribution in [3.8, 4) is 0 Å². The SMILES string of the molecule is NC(=O)c1ccc(CNC2CCN3CCCC3C2)cc1. The average Bonchev–Trinajstić information content (AvgIpc) is 2.93. The lowest BCUT2D eigenvalue weighted by Gasteiger charge is -2.35. The van der Waals surface area contributed by atoms with Crippen molar-refractivity contribution in [3.05, 3.63) is 35.4 Å². The summed E-state index contributed by atoms with van der Waals surface area (Å²) in [5.41, 5.74) is 7.03. The second-order valence-electron chi connectivity index (χ2n) is 6.00. The van der Waals surface area contributed by atoms with Crippen LogP contribution in [0.2, 0.25) is 0 Å². The average molecular weight is 273 g/mol. The topological polar surface area (TPSA) is 58.4 Å². The highest BCUT2D eigenvalue weighted by Crippen LogP contribution is 2.26. The number of fused-ring (bicyclic) bond motifs is 1. The first-order chi connectivity index (χ1) is 9.72. The van der Waals surface area contributed by atoms with E-state index in [-0.39, 0.29) is 5.91 Å². The van der Waals surface area contributed by atoms with Gasteiger partial charge in [-0.25, -0.2) is 0 Å². The number of piperidine rings is 1. The molecular formula is C16H23N3O. The molecule has 2 atom stereocenters. The molecule has 2 fully saturated rings. The summed E-state index contributed by atoms with van der Waals surface area (Å²) in [6, 6.07) is 9.01. The molecule has 4 nitrogen and oxygen atoms in total. The van der Waals surface area contributed by atoms with Crippen molar-refractivity contribution in [2.24, 2.45) is 5.73 Å². The van der Waals surface area contributed by atoms with E-state index in [0.29, 0.717) is 11.6 Å². The van der Waals surface area contributed by atoms with Crippen molar-refractivity contribution in [3.63, 3.8) is 0 Å². The number of amides is 1. The molecule has 2 saturated heterocycles. The summed E-state index contributed by atoms with van der Waals surface area (Å²) in [4.78, 5) is 13.7. The smallest absolute Gasteiger partial charge is 0.248 e. The highest BCUT2D eigenvalue weighted by Gasteiger charge is 2.31. The van der Waals surface area contributed by atoms with Gasteiger partial charge in [0.2, 0.25) is 5.91 Å². The molecule has 1 aromatic carbocycles. The number of benzene rings is 1. The third kappa shape index (κ3) is 3.02. The van der Waals surface area contributed by atoms with Crippen LogP contribution in [0.3, 0.4) is 0 Å². The third-order valence-electron chi connectivity index (χ3n) is 4.65. The highest BCUT2D eigenvalue weighted by atomic mass is 16.1. The molecule has 108 valence electrons. The fourth-order valence-electron chi connectivity index (χ4n) is 3.46. The van der Waals surface area contributed by atoms with Gasteiger partial charge in [-0.1, -0.05) is 12.1 Å². The summed E-state index contributed by atoms with van der Waals surface area (Å²) in [6.45, 7) is 3.41. The minimum Gasteiger partial charge on any atom is -0.366 e. The molecule has 0 bridgehead atoms. The van der Waals surface area contributed by atoms with Gasteiger partial charge in [0.25, 0.3) is 0 Å². The van der Waals surface area contributed by atoms with Gasteiger partial charge in [0.15, 0.2) is 0 Å². The van der Waals surface area contributed by atoms with Crippen LogP contribution in [0.25, 0.3) is 0 Å². The van der Waals surface area contributed by atoms with Gasteiger partial charge in [0.05, 0.1) is 0 Å². The molecule has 0 aromatic heterocycles. The van der Waals surface area contributed by atoms with Crippen molar-refractivity contribution in [2.45, 2.75) is 44.3 Å². The van der Waals surface area contributed by atoms with Crippen LogP contribution in [0.5, 0.6) is 0 Å². The summed E-state index contributed by atoms with van der Waals surface area (Å²) in [6.07, 6.45) is 5.26. The van der Waals surface area contributed by atoms with Crippen molar-refractivity contribution in [1.82, 2.24) is 10.2 Å². The van der Waals surface area contributed by atoms with E-state index in [1.165, 1.54) is 44.3 Å². The van der Waals surface area contributed by atoms with Gasteiger partial charge in [0, 0.05) is 24.2 Å². The Labute approximate surface area is 120 Å². The second kappa shape index (κ2) is 5.94. The molecule has 2 aliphatic rings. The van der Waals surface area contributed by atoms with Gasteiger partial charge in [-0.2, -0.15) is 0 Å². The predicted octanol–water partition coefficient (Wildman–Crippen LogP) is 1.50. The third-order valence-corrected chi connectivity index (χ3v) is 4.65. The summed E-state index contributed by atoms with van der Waals surface area (Å²) in [7, 11) is 0. The van der Waals surface area contributed by atoms with Crippen molar-refractivity contribution in [2.75, 3.05) is 13.1 Å². The van der Waals surface area contributed by atoms with Gasteiger partial charge >= 0.3 is 0 Å². The Balaban J connectivity index is 1.50. The number of nitrogens with one attached hydrogen (secondary N) is 1. The Morgan fingerprint density at radius 2 is 2.05 bits per heavy atom. The van der Waals surface area contributed by atoms with Crippen LogP contribution in [0.1, 0.15) is 41.6 Å². The normalized spacial score (nSPS) is 26.4. The van der Waals surface area contributed by atoms with E-state index in [1.807, 2.05) is 12.1 Å². The number of carbonyl (C=O) groups is 1. The second-order valence-corrected chi connectivity index (χ2v) is 6.00. The van der Waals surface area contributed by atoms with Crippen LogP contribution in [0.4, 0.5) is 0 Å². The molecule has 0 spiro atoms. The number of nitrogens with zero attached hydrogens (tertiary/aromatic N) is 1. The molecule has 3 rings (SSSR count). The van der Waals surface area contributed by atoms with Gasteiger partial charge in [-0.3, -0.25) is 4.79 Å². The maximum absolute atomic E-state index is 11.0. The van der Waals surface area contributed by atoms with E-state index in [9.17, 15) is 4.79 Å². The van der Waals surface area contributed by atoms with E-state index in [4.69, 9.17) is 5.73 Å². The van der Waals surface area contributed by atoms with Crippen LogP contribution in [-0.4, -0.2) is 36.0 Å². The largest absolute Gasteiger partial charge is 0.366 e. The maximum Gasteiger partial charge on any atom is 0.248 e.